The minimum absolute atomic E-state index is 0.0993. The van der Waals surface area contributed by atoms with Crippen LogP contribution >= 0.6 is 0 Å². The molecule has 0 radical (unpaired) electrons. The summed E-state index contributed by atoms with van der Waals surface area (Å²) in [4.78, 5) is 0. The molecule has 0 saturated heterocycles. The van der Waals surface area contributed by atoms with Gasteiger partial charge in [0.25, 0.3) is 0 Å². The zero-order chi connectivity index (χ0) is 17.6. The van der Waals surface area contributed by atoms with Crippen LogP contribution in [0.5, 0.6) is 11.5 Å². The van der Waals surface area contributed by atoms with Gasteiger partial charge < -0.3 is 14.8 Å². The number of nitrogens with one attached hydrogen (secondary N) is 1. The number of fused-ring (bicyclic) bond motifs is 1. The Morgan fingerprint density at radius 3 is 3.43 bits per heavy atom. The number of hydrogen-bond acceptors (Lipinski definition) is 3. The van der Waals surface area contributed by atoms with Gasteiger partial charge in [0.2, 0.25) is 6.75 Å². The summed E-state index contributed by atoms with van der Waals surface area (Å²) in [5, 5.41) is 0.101. The number of hydrogen-bond donors (Lipinski definition) is 1. The van der Waals surface area contributed by atoms with Crippen LogP contribution in [-0.2, 0) is 6.42 Å². The molecule has 1 aliphatic rings. The van der Waals surface area contributed by atoms with E-state index in [9.17, 15) is 0 Å². The van der Waals surface area contributed by atoms with Crippen molar-refractivity contribution in [3.8, 4) is 11.5 Å². The smallest absolute Gasteiger partial charge is 0.231 e. The Kier molecular flexibility index (Phi) is 0.947. The average molecular weight is 202 g/mol. The first-order chi connectivity index (χ1) is 10.3. The second-order valence-corrected chi connectivity index (χ2v) is 2.92. The van der Waals surface area contributed by atoms with Gasteiger partial charge in [-0.2, -0.15) is 0 Å². The Morgan fingerprint density at radius 1 is 1.64 bits per heavy atom. The Balaban J connectivity index is 2.25. The summed E-state index contributed by atoms with van der Waals surface area (Å²) < 4.78 is 76.2. The van der Waals surface area contributed by atoms with Crippen molar-refractivity contribution >= 4 is 0 Å². The predicted octanol–water partition coefficient (Wildman–Crippen LogP) is 1.57. The minimum Gasteiger partial charge on any atom is -0.454 e. The normalized spacial score (nSPS) is 30.8. The van der Waals surface area contributed by atoms with Crippen LogP contribution in [0.3, 0.4) is 0 Å². The molecule has 0 aromatic heterocycles. The Bertz CT molecular complexity index is 584. The largest absolute Gasteiger partial charge is 0.454 e. The monoisotopic (exact) mass is 202 g/mol. The van der Waals surface area contributed by atoms with E-state index < -0.39 is 26.6 Å². The zero-order valence-electron chi connectivity index (χ0n) is 16.3. The van der Waals surface area contributed by atoms with Crippen molar-refractivity contribution in [1.29, 1.82) is 0 Å². The summed E-state index contributed by atoms with van der Waals surface area (Å²) in [6, 6.07) is 2.73. The van der Waals surface area contributed by atoms with Gasteiger partial charge in [-0.05, 0) is 37.9 Å². The lowest BCUT2D eigenvalue weighted by atomic mass is 10.1. The maximum atomic E-state index is 7.60. The molecule has 1 unspecified atom stereocenters. The highest BCUT2D eigenvalue weighted by molar-refractivity contribution is 5.44. The van der Waals surface area contributed by atoms with E-state index in [2.05, 4.69) is 0 Å². The van der Waals surface area contributed by atoms with Crippen LogP contribution in [0.25, 0.3) is 0 Å². The van der Waals surface area contributed by atoms with E-state index in [-0.39, 0.29) is 23.2 Å². The Labute approximate surface area is 96.7 Å². The molecule has 0 aliphatic carbocycles. The molecule has 0 amide bonds. The fraction of sp³-hybridized carbons (Fsp3) is 0.455. The van der Waals surface area contributed by atoms with Crippen molar-refractivity contribution < 1.29 is 21.9 Å². The number of likely N-dealkylation sites (N-methyl/N-ethyl adjacent to an activating group) is 1. The highest BCUT2D eigenvalue weighted by atomic mass is 16.7. The minimum atomic E-state index is -2.87. The second-order valence-electron chi connectivity index (χ2n) is 2.92. The quantitative estimate of drug-likeness (QED) is 0.807. The van der Waals surface area contributed by atoms with Crippen LogP contribution in [-0.4, -0.2) is 19.8 Å². The van der Waals surface area contributed by atoms with Gasteiger partial charge in [-0.3, -0.25) is 0 Å². The van der Waals surface area contributed by atoms with Gasteiger partial charge >= 0.3 is 0 Å². The second kappa shape index (κ2) is 3.88. The first-order valence-corrected chi connectivity index (χ1v) is 4.09. The lowest BCUT2D eigenvalue weighted by molar-refractivity contribution is 0.174. The van der Waals surface area contributed by atoms with E-state index in [1.807, 2.05) is 0 Å². The lowest BCUT2D eigenvalue weighted by Gasteiger charge is -2.09. The van der Waals surface area contributed by atoms with Gasteiger partial charge in [0.05, 0.1) is 0 Å². The van der Waals surface area contributed by atoms with E-state index in [0.717, 1.165) is 0 Å². The summed E-state index contributed by atoms with van der Waals surface area (Å²) in [6.07, 6.45) is -0.238. The fourth-order valence-corrected chi connectivity index (χ4v) is 1.22. The Morgan fingerprint density at radius 2 is 2.57 bits per heavy atom. The van der Waals surface area contributed by atoms with Gasteiger partial charge in [-0.1, -0.05) is 6.07 Å². The molecule has 1 aromatic rings. The molecule has 0 fully saturated rings. The van der Waals surface area contributed by atoms with Crippen LogP contribution in [0.1, 0.15) is 23.4 Å². The highest BCUT2D eigenvalue weighted by Gasteiger charge is 2.13. The molecule has 0 saturated carbocycles. The maximum absolute atomic E-state index is 7.60. The van der Waals surface area contributed by atoms with Crippen molar-refractivity contribution in [3.63, 3.8) is 0 Å². The molecule has 14 heavy (non-hydrogen) atoms. The van der Waals surface area contributed by atoms with Gasteiger partial charge in [0.15, 0.2) is 11.5 Å². The standard InChI is InChI=1S/C11H15NO2/c1-8(12-2)5-9-3-4-10-11(6-9)14-7-13-10/h3-4,6,8,12H,5,7H2,1-2H3/i1D3,2D3,7D2/hD. The van der Waals surface area contributed by atoms with E-state index in [1.165, 1.54) is 18.2 Å². The first-order valence-electron chi connectivity index (χ1n) is 8.53. The van der Waals surface area contributed by atoms with Crippen LogP contribution in [0.2, 0.25) is 1.41 Å². The molecule has 1 heterocycles. The van der Waals surface area contributed by atoms with Gasteiger partial charge in [0, 0.05) is 14.3 Å². The third-order valence-corrected chi connectivity index (χ3v) is 1.90. The molecule has 1 aromatic carbocycles. The van der Waals surface area contributed by atoms with Crippen molar-refractivity contribution in [2.45, 2.75) is 19.3 Å². The van der Waals surface area contributed by atoms with Gasteiger partial charge in [0.1, 0.15) is 4.15 Å². The van der Waals surface area contributed by atoms with Crippen LogP contribution in [0.4, 0.5) is 0 Å². The fourth-order valence-electron chi connectivity index (χ4n) is 1.22. The molecule has 3 nitrogen and oxygen atoms in total. The van der Waals surface area contributed by atoms with E-state index in [1.54, 1.807) is 0 Å². The summed E-state index contributed by atoms with van der Waals surface area (Å²) in [5.74, 6) is 0.268. The maximum Gasteiger partial charge on any atom is 0.231 e. The first kappa shape index (κ1) is 3.42. The van der Waals surface area contributed by atoms with Crippen molar-refractivity contribution in [3.05, 3.63) is 23.8 Å². The van der Waals surface area contributed by atoms with E-state index >= 15 is 0 Å². The predicted molar refractivity (Wildman–Crippen MR) is 54.8 cm³/mol. The Hall–Kier alpha value is -1.22. The molecular weight excluding hydrogens is 178 g/mol. The topological polar surface area (TPSA) is 30.5 Å². The molecule has 76 valence electrons. The molecular formula is C11H15NO2. The van der Waals surface area contributed by atoms with Gasteiger partial charge in [-0.25, -0.2) is 0 Å². The summed E-state index contributed by atoms with van der Waals surface area (Å²) >= 11 is 0. The molecule has 1 N–H and O–H groups in total. The van der Waals surface area contributed by atoms with Crippen molar-refractivity contribution in [2.24, 2.45) is 0 Å². The molecule has 1 atom stereocenters. The third-order valence-electron chi connectivity index (χ3n) is 1.90. The average Bonchev–Trinajstić information content (AvgIpc) is 2.65. The molecule has 2 rings (SSSR count). The van der Waals surface area contributed by atoms with Crippen LogP contribution in [0.15, 0.2) is 18.2 Å². The van der Waals surface area contributed by atoms with E-state index in [0.29, 0.717) is 5.56 Å². The third kappa shape index (κ3) is 1.82. The number of benzene rings is 1. The summed E-state index contributed by atoms with van der Waals surface area (Å²) in [7, 11) is 0. The zero-order valence-corrected chi connectivity index (χ0v) is 7.28. The number of ether oxygens (including phenoxy) is 2. The molecule has 0 spiro atoms. The SMILES string of the molecule is [2H]N(C(Cc1ccc2c(c1)OC([2H])([2H])O2)C([2H])([2H])[2H])C([2H])([2H])[2H]. The van der Waals surface area contributed by atoms with Crippen LogP contribution < -0.4 is 14.8 Å². The summed E-state index contributed by atoms with van der Waals surface area (Å²) in [5.41, 5.74) is 0.396. The van der Waals surface area contributed by atoms with Gasteiger partial charge in [-0.15, -0.1) is 0 Å². The van der Waals surface area contributed by atoms with Crippen molar-refractivity contribution in [1.82, 2.24) is 5.31 Å². The summed E-state index contributed by atoms with van der Waals surface area (Å²) in [6.45, 7) is -7.85. The van der Waals surface area contributed by atoms with Crippen LogP contribution in [0, 0.1) is 0 Å². The number of rotatable bonds is 3. The molecule has 1 aliphatic heterocycles. The lowest BCUT2D eigenvalue weighted by Crippen LogP contribution is -2.23. The molecule has 3 heteroatoms. The molecule has 0 bridgehead atoms. The van der Waals surface area contributed by atoms with E-state index in [4.69, 9.17) is 21.9 Å². The van der Waals surface area contributed by atoms with Crippen molar-refractivity contribution in [2.75, 3.05) is 13.7 Å². The highest BCUT2D eigenvalue weighted by Crippen LogP contribution is 2.32.